The summed E-state index contributed by atoms with van der Waals surface area (Å²) in [5.74, 6) is -1.22. The molecule has 0 aromatic heterocycles. The number of carbonyl (C=O) groups is 3. The Morgan fingerprint density at radius 1 is 1.43 bits per heavy atom. The van der Waals surface area contributed by atoms with Crippen LogP contribution in [0.5, 0.6) is 0 Å². The van der Waals surface area contributed by atoms with E-state index in [1.54, 1.807) is 17.0 Å². The van der Waals surface area contributed by atoms with Crippen LogP contribution in [0, 0.1) is 6.92 Å². The number of amides is 2. The monoisotopic (exact) mass is 497 g/mol. The average molecular weight is 498 g/mol. The third kappa shape index (κ3) is 5.77. The predicted molar refractivity (Wildman–Crippen MR) is 117 cm³/mol. The summed E-state index contributed by atoms with van der Waals surface area (Å²) in [6.07, 6.45) is 1.56. The fourth-order valence-electron chi connectivity index (χ4n) is 3.31. The summed E-state index contributed by atoms with van der Waals surface area (Å²) >= 11 is 8.78. The van der Waals surface area contributed by atoms with Crippen molar-refractivity contribution in [1.29, 1.82) is 0 Å². The Kier molecular flexibility index (Phi) is 7.79. The smallest absolute Gasteiger partial charge is 0.308 e. The van der Waals surface area contributed by atoms with E-state index in [1.165, 1.54) is 0 Å². The first-order valence-corrected chi connectivity index (χ1v) is 11.0. The van der Waals surface area contributed by atoms with Gasteiger partial charge in [-0.1, -0.05) is 22.0 Å². The fraction of sp³-hybridized carbons (Fsp3) is 0.500. The van der Waals surface area contributed by atoms with Gasteiger partial charge in [0.15, 0.2) is 5.11 Å². The van der Waals surface area contributed by atoms with Gasteiger partial charge in [-0.3, -0.25) is 19.7 Å². The molecule has 8 nitrogen and oxygen atoms in total. The number of nitrogens with zero attached hydrogens (tertiary/aromatic N) is 1. The lowest BCUT2D eigenvalue weighted by atomic mass is 10.1. The van der Waals surface area contributed by atoms with Crippen LogP contribution in [0.3, 0.4) is 0 Å². The highest BCUT2D eigenvalue weighted by Gasteiger charge is 2.34. The molecular formula is C20H24BrN3O5S. The van der Waals surface area contributed by atoms with Gasteiger partial charge in [-0.25, -0.2) is 0 Å². The molecule has 10 heteroatoms. The molecule has 30 heavy (non-hydrogen) atoms. The lowest BCUT2D eigenvalue weighted by molar-refractivity contribution is -0.150. The lowest BCUT2D eigenvalue weighted by Gasteiger charge is -2.36. The van der Waals surface area contributed by atoms with Crippen molar-refractivity contribution < 1.29 is 23.9 Å². The Labute approximate surface area is 188 Å². The summed E-state index contributed by atoms with van der Waals surface area (Å²) in [6.45, 7) is 3.52. The maximum Gasteiger partial charge on any atom is 0.308 e. The zero-order chi connectivity index (χ0) is 21.7. The largest absolute Gasteiger partial charge is 0.463 e. The van der Waals surface area contributed by atoms with E-state index < -0.39 is 12.0 Å². The molecule has 0 spiro atoms. The van der Waals surface area contributed by atoms with Crippen LogP contribution < -0.4 is 10.6 Å². The van der Waals surface area contributed by atoms with Crippen molar-refractivity contribution in [2.45, 2.75) is 38.3 Å². The number of aryl methyl sites for hydroxylation is 1. The van der Waals surface area contributed by atoms with E-state index >= 15 is 0 Å². The number of hydrogen-bond donors (Lipinski definition) is 2. The van der Waals surface area contributed by atoms with Crippen LogP contribution in [0.25, 0.3) is 0 Å². The van der Waals surface area contributed by atoms with Crippen molar-refractivity contribution >= 4 is 51.0 Å². The normalized spacial score (nSPS) is 21.1. The van der Waals surface area contributed by atoms with E-state index in [2.05, 4.69) is 26.6 Å². The highest BCUT2D eigenvalue weighted by molar-refractivity contribution is 9.10. The molecular weight excluding hydrogens is 474 g/mol. The number of halogens is 1. The van der Waals surface area contributed by atoms with E-state index in [9.17, 15) is 14.4 Å². The van der Waals surface area contributed by atoms with E-state index in [-0.39, 0.29) is 36.1 Å². The molecule has 0 unspecified atom stereocenters. The first-order valence-electron chi connectivity index (χ1n) is 9.78. The van der Waals surface area contributed by atoms with Crippen LogP contribution in [0.1, 0.15) is 35.2 Å². The second-order valence-corrected chi connectivity index (χ2v) is 8.49. The molecule has 0 saturated carbocycles. The van der Waals surface area contributed by atoms with Crippen LogP contribution in [-0.2, 0) is 19.1 Å². The molecule has 1 aromatic rings. The van der Waals surface area contributed by atoms with Crippen LogP contribution in [0.4, 0.5) is 0 Å². The van der Waals surface area contributed by atoms with E-state index in [1.807, 2.05) is 13.0 Å². The van der Waals surface area contributed by atoms with Crippen LogP contribution >= 0.6 is 28.1 Å². The zero-order valence-corrected chi connectivity index (χ0v) is 19.0. The molecule has 2 N–H and O–H groups in total. The average Bonchev–Trinajstić information content (AvgIpc) is 3.23. The molecule has 0 aliphatic carbocycles. The van der Waals surface area contributed by atoms with Crippen LogP contribution in [0.15, 0.2) is 22.7 Å². The van der Waals surface area contributed by atoms with E-state index in [0.29, 0.717) is 25.3 Å². The number of benzene rings is 1. The molecule has 0 radical (unpaired) electrons. The summed E-state index contributed by atoms with van der Waals surface area (Å²) in [5, 5.41) is 5.49. The van der Waals surface area contributed by atoms with Gasteiger partial charge in [0.2, 0.25) is 5.91 Å². The minimum atomic E-state index is -0.840. The van der Waals surface area contributed by atoms with Gasteiger partial charge in [0.25, 0.3) is 5.91 Å². The quantitative estimate of drug-likeness (QED) is 0.471. The SMILES string of the molecule is Cc1ccc(C(=O)NC(=S)N2CCNC(=O)[C@@H]2CC(=O)OC[C@@H]2CCCO2)cc1Br. The van der Waals surface area contributed by atoms with Crippen LogP contribution in [-0.4, -0.2) is 66.2 Å². The second-order valence-electron chi connectivity index (χ2n) is 7.25. The number of ether oxygens (including phenoxy) is 2. The van der Waals surface area contributed by atoms with E-state index in [0.717, 1.165) is 22.9 Å². The zero-order valence-electron chi connectivity index (χ0n) is 16.6. The molecule has 2 heterocycles. The van der Waals surface area contributed by atoms with Crippen molar-refractivity contribution in [3.63, 3.8) is 0 Å². The third-order valence-corrected chi connectivity index (χ3v) is 6.25. The number of piperazine rings is 1. The highest BCUT2D eigenvalue weighted by Crippen LogP contribution is 2.18. The first-order chi connectivity index (χ1) is 14.3. The van der Waals surface area contributed by atoms with Gasteiger partial charge in [0.1, 0.15) is 12.6 Å². The number of rotatable bonds is 5. The lowest BCUT2D eigenvalue weighted by Crippen LogP contribution is -2.60. The van der Waals surface area contributed by atoms with Crippen molar-refractivity contribution in [1.82, 2.24) is 15.5 Å². The van der Waals surface area contributed by atoms with E-state index in [4.69, 9.17) is 21.7 Å². The van der Waals surface area contributed by atoms with Gasteiger partial charge in [-0.05, 0) is 49.7 Å². The molecule has 0 bridgehead atoms. The molecule has 2 aliphatic heterocycles. The molecule has 2 fully saturated rings. The summed E-state index contributed by atoms with van der Waals surface area (Å²) in [5.41, 5.74) is 1.44. The van der Waals surface area contributed by atoms with Gasteiger partial charge < -0.3 is 19.7 Å². The van der Waals surface area contributed by atoms with Gasteiger partial charge in [-0.15, -0.1) is 0 Å². The number of nitrogens with one attached hydrogen (secondary N) is 2. The van der Waals surface area contributed by atoms with Gasteiger partial charge in [-0.2, -0.15) is 0 Å². The number of hydrogen-bond acceptors (Lipinski definition) is 6. The number of carbonyl (C=O) groups excluding carboxylic acids is 3. The molecule has 162 valence electrons. The van der Waals surface area contributed by atoms with Crippen molar-refractivity contribution in [3.8, 4) is 0 Å². The van der Waals surface area contributed by atoms with Crippen molar-refractivity contribution in [2.75, 3.05) is 26.3 Å². The predicted octanol–water partition coefficient (Wildman–Crippen LogP) is 1.68. The number of thiocarbonyl (C=S) groups is 1. The summed E-state index contributed by atoms with van der Waals surface area (Å²) in [4.78, 5) is 38.8. The molecule has 2 atom stereocenters. The standard InChI is InChI=1S/C20H24BrN3O5S/c1-12-4-5-13(9-15(12)21)18(26)23-20(30)24-7-6-22-19(27)16(24)10-17(25)29-11-14-3-2-8-28-14/h4-5,9,14,16H,2-3,6-8,10-11H2,1H3,(H,22,27)(H,23,26,30)/t14-,16-/m0/s1. The molecule has 2 amide bonds. The van der Waals surface area contributed by atoms with Gasteiger partial charge in [0, 0.05) is 29.7 Å². The Morgan fingerprint density at radius 3 is 2.93 bits per heavy atom. The molecule has 3 rings (SSSR count). The van der Waals surface area contributed by atoms with Crippen LogP contribution in [0.2, 0.25) is 0 Å². The minimum Gasteiger partial charge on any atom is -0.463 e. The second kappa shape index (κ2) is 10.3. The molecule has 1 aromatic carbocycles. The van der Waals surface area contributed by atoms with Gasteiger partial charge in [0.05, 0.1) is 12.5 Å². The molecule has 2 aliphatic rings. The van der Waals surface area contributed by atoms with Crippen molar-refractivity contribution in [3.05, 3.63) is 33.8 Å². The maximum absolute atomic E-state index is 12.6. The van der Waals surface area contributed by atoms with Crippen molar-refractivity contribution in [2.24, 2.45) is 0 Å². The first kappa shape index (κ1) is 22.6. The molecule has 2 saturated heterocycles. The maximum atomic E-state index is 12.6. The fourth-order valence-corrected chi connectivity index (χ4v) is 4.00. The topological polar surface area (TPSA) is 97.0 Å². The Bertz CT molecular complexity index is 844. The number of esters is 1. The third-order valence-electron chi connectivity index (χ3n) is 5.06. The summed E-state index contributed by atoms with van der Waals surface area (Å²) < 4.78 is 11.5. The Hall–Kier alpha value is -2.04. The summed E-state index contributed by atoms with van der Waals surface area (Å²) in [7, 11) is 0. The Morgan fingerprint density at radius 2 is 2.23 bits per heavy atom. The summed E-state index contributed by atoms with van der Waals surface area (Å²) in [6, 6.07) is 4.38. The minimum absolute atomic E-state index is 0.0839. The van der Waals surface area contributed by atoms with Gasteiger partial charge >= 0.3 is 5.97 Å². The Balaban J connectivity index is 1.60. The highest BCUT2D eigenvalue weighted by atomic mass is 79.9.